The zero-order valence-corrected chi connectivity index (χ0v) is 11.6. The number of nitrogens with one attached hydrogen (secondary N) is 1. The van der Waals surface area contributed by atoms with Gasteiger partial charge in [0.2, 0.25) is 5.91 Å². The Morgan fingerprint density at radius 1 is 1.50 bits per heavy atom. The van der Waals surface area contributed by atoms with Gasteiger partial charge in [-0.2, -0.15) is 0 Å². The fraction of sp³-hybridized carbons (Fsp3) is 0.333. The molecule has 18 heavy (non-hydrogen) atoms. The Morgan fingerprint density at radius 2 is 2.17 bits per heavy atom. The molecule has 0 aromatic heterocycles. The molecule has 0 aliphatic carbocycles. The van der Waals surface area contributed by atoms with Crippen molar-refractivity contribution in [2.75, 3.05) is 19.4 Å². The molecule has 0 saturated carbocycles. The van der Waals surface area contributed by atoms with Gasteiger partial charge in [-0.3, -0.25) is 9.59 Å². The van der Waals surface area contributed by atoms with Crippen LogP contribution >= 0.6 is 15.9 Å². The lowest BCUT2D eigenvalue weighted by atomic mass is 9.91. The lowest BCUT2D eigenvalue weighted by Gasteiger charge is -2.22. The maximum absolute atomic E-state index is 11.9. The molecule has 0 spiro atoms. The van der Waals surface area contributed by atoms with Gasteiger partial charge >= 0.3 is 0 Å². The molecule has 0 saturated heterocycles. The molecule has 1 atom stereocenters. The third-order valence-electron chi connectivity index (χ3n) is 2.96. The van der Waals surface area contributed by atoms with Crippen molar-refractivity contribution in [1.82, 2.24) is 4.90 Å². The van der Waals surface area contributed by atoms with Crippen LogP contribution in [0.4, 0.5) is 5.69 Å². The first-order valence-corrected chi connectivity index (χ1v) is 6.18. The van der Waals surface area contributed by atoms with E-state index in [1.54, 1.807) is 32.3 Å². The quantitative estimate of drug-likeness (QED) is 0.858. The van der Waals surface area contributed by atoms with Crippen LogP contribution in [0.1, 0.15) is 12.0 Å². The van der Waals surface area contributed by atoms with E-state index in [2.05, 4.69) is 21.2 Å². The van der Waals surface area contributed by atoms with Crippen LogP contribution in [0.25, 0.3) is 0 Å². The lowest BCUT2D eigenvalue weighted by molar-refractivity contribution is -0.144. The summed E-state index contributed by atoms with van der Waals surface area (Å²) < 4.78 is 0.744. The van der Waals surface area contributed by atoms with Gasteiger partial charge in [-0.15, -0.1) is 0 Å². The zero-order chi connectivity index (χ0) is 13.5. The Balaban J connectivity index is 2.42. The molecule has 2 rings (SSSR count). The molecule has 96 valence electrons. The summed E-state index contributed by atoms with van der Waals surface area (Å²) in [6.45, 7) is 0. The molecule has 1 aromatic carbocycles. The number of carbonyl (C=O) groups is 2. The number of hydrogen-bond donors (Lipinski definition) is 2. The summed E-state index contributed by atoms with van der Waals surface area (Å²) in [7, 11) is 3.17. The third-order valence-corrected chi connectivity index (χ3v) is 3.45. The van der Waals surface area contributed by atoms with Crippen LogP contribution in [0.3, 0.4) is 0 Å². The highest BCUT2D eigenvalue weighted by atomic mass is 79.9. The van der Waals surface area contributed by atoms with E-state index in [0.29, 0.717) is 11.3 Å². The van der Waals surface area contributed by atoms with Crippen molar-refractivity contribution >= 4 is 33.4 Å². The van der Waals surface area contributed by atoms with Crippen molar-refractivity contribution in [3.8, 4) is 0 Å². The van der Waals surface area contributed by atoms with Crippen LogP contribution < -0.4 is 5.32 Å². The summed E-state index contributed by atoms with van der Waals surface area (Å²) in [4.78, 5) is 24.9. The SMILES string of the molecule is CN(C)C(=O)CC1(O)C(=O)Nc2ccc(Br)cc21. The highest BCUT2D eigenvalue weighted by Crippen LogP contribution is 2.39. The maximum atomic E-state index is 11.9. The summed E-state index contributed by atoms with van der Waals surface area (Å²) in [6, 6.07) is 5.10. The fourth-order valence-electron chi connectivity index (χ4n) is 1.87. The van der Waals surface area contributed by atoms with Crippen molar-refractivity contribution in [3.63, 3.8) is 0 Å². The van der Waals surface area contributed by atoms with Crippen LogP contribution in [0.15, 0.2) is 22.7 Å². The number of benzene rings is 1. The molecule has 0 radical (unpaired) electrons. The topological polar surface area (TPSA) is 69.6 Å². The molecule has 1 unspecified atom stereocenters. The fourth-order valence-corrected chi connectivity index (χ4v) is 2.23. The number of nitrogens with zero attached hydrogens (tertiary/aromatic N) is 1. The summed E-state index contributed by atoms with van der Waals surface area (Å²) >= 11 is 3.29. The molecular weight excluding hydrogens is 300 g/mol. The second-order valence-electron chi connectivity index (χ2n) is 4.47. The Labute approximate surface area is 113 Å². The van der Waals surface area contributed by atoms with Crippen molar-refractivity contribution in [2.45, 2.75) is 12.0 Å². The number of hydrogen-bond acceptors (Lipinski definition) is 3. The Bertz CT molecular complexity index is 530. The van der Waals surface area contributed by atoms with E-state index in [1.165, 1.54) is 4.90 Å². The van der Waals surface area contributed by atoms with E-state index in [-0.39, 0.29) is 12.3 Å². The lowest BCUT2D eigenvalue weighted by Crippen LogP contribution is -2.39. The summed E-state index contributed by atoms with van der Waals surface area (Å²) in [5.41, 5.74) is -0.824. The average Bonchev–Trinajstić information content (AvgIpc) is 2.52. The van der Waals surface area contributed by atoms with E-state index >= 15 is 0 Å². The van der Waals surface area contributed by atoms with Gasteiger partial charge in [0.05, 0.1) is 6.42 Å². The van der Waals surface area contributed by atoms with Gasteiger partial charge in [0, 0.05) is 29.8 Å². The number of anilines is 1. The third kappa shape index (κ3) is 2.02. The molecular formula is C12H13BrN2O3. The minimum atomic E-state index is -1.79. The number of carbonyl (C=O) groups excluding carboxylic acids is 2. The molecule has 2 N–H and O–H groups in total. The van der Waals surface area contributed by atoms with E-state index in [1.807, 2.05) is 0 Å². The minimum Gasteiger partial charge on any atom is -0.375 e. The second kappa shape index (κ2) is 4.37. The van der Waals surface area contributed by atoms with Gasteiger partial charge in [0.15, 0.2) is 5.60 Å². The first-order valence-electron chi connectivity index (χ1n) is 5.38. The summed E-state index contributed by atoms with van der Waals surface area (Å²) in [5, 5.41) is 13.1. The molecule has 1 aliphatic heterocycles. The second-order valence-corrected chi connectivity index (χ2v) is 5.38. The van der Waals surface area contributed by atoms with E-state index < -0.39 is 11.5 Å². The van der Waals surface area contributed by atoms with Crippen molar-refractivity contribution in [1.29, 1.82) is 0 Å². The van der Waals surface area contributed by atoms with Gasteiger partial charge in [0.25, 0.3) is 5.91 Å². The van der Waals surface area contributed by atoms with E-state index in [4.69, 9.17) is 0 Å². The number of amides is 2. The molecule has 2 amide bonds. The molecule has 1 aromatic rings. The van der Waals surface area contributed by atoms with Crippen LogP contribution in [-0.4, -0.2) is 35.9 Å². The van der Waals surface area contributed by atoms with Crippen LogP contribution in [0, 0.1) is 0 Å². The van der Waals surface area contributed by atoms with Gasteiger partial charge < -0.3 is 15.3 Å². The summed E-state index contributed by atoms with van der Waals surface area (Å²) in [6.07, 6.45) is -0.269. The molecule has 5 nitrogen and oxygen atoms in total. The predicted octanol–water partition coefficient (Wildman–Crippen LogP) is 1.07. The van der Waals surface area contributed by atoms with Crippen LogP contribution in [0.5, 0.6) is 0 Å². The standard InChI is InChI=1S/C12H13BrN2O3/c1-15(2)10(16)6-12(18)8-5-7(13)3-4-9(8)14-11(12)17/h3-5,18H,6H2,1-2H3,(H,14,17). The normalized spacial score (nSPS) is 21.4. The van der Waals surface area contributed by atoms with Gasteiger partial charge in [-0.05, 0) is 18.2 Å². The highest BCUT2D eigenvalue weighted by Gasteiger charge is 2.47. The minimum absolute atomic E-state index is 0.269. The molecule has 0 fully saturated rings. The van der Waals surface area contributed by atoms with Crippen molar-refractivity contribution in [2.24, 2.45) is 0 Å². The highest BCUT2D eigenvalue weighted by molar-refractivity contribution is 9.10. The number of rotatable bonds is 2. The van der Waals surface area contributed by atoms with Crippen molar-refractivity contribution < 1.29 is 14.7 Å². The van der Waals surface area contributed by atoms with Crippen LogP contribution in [-0.2, 0) is 15.2 Å². The molecule has 1 aliphatic rings. The van der Waals surface area contributed by atoms with Crippen LogP contribution in [0.2, 0.25) is 0 Å². The largest absolute Gasteiger partial charge is 0.375 e. The predicted molar refractivity (Wildman–Crippen MR) is 70.0 cm³/mol. The van der Waals surface area contributed by atoms with E-state index in [0.717, 1.165) is 4.47 Å². The maximum Gasteiger partial charge on any atom is 0.261 e. The van der Waals surface area contributed by atoms with Gasteiger partial charge in [-0.1, -0.05) is 15.9 Å². The van der Waals surface area contributed by atoms with Gasteiger partial charge in [0.1, 0.15) is 0 Å². The molecule has 6 heteroatoms. The average molecular weight is 313 g/mol. The monoisotopic (exact) mass is 312 g/mol. The zero-order valence-electron chi connectivity index (χ0n) is 10.0. The van der Waals surface area contributed by atoms with Gasteiger partial charge in [-0.25, -0.2) is 0 Å². The molecule has 0 bridgehead atoms. The molecule has 1 heterocycles. The Hall–Kier alpha value is -1.40. The van der Waals surface area contributed by atoms with Crippen molar-refractivity contribution in [3.05, 3.63) is 28.2 Å². The number of aliphatic hydroxyl groups is 1. The Kier molecular flexibility index (Phi) is 3.16. The first-order chi connectivity index (χ1) is 8.34. The number of fused-ring (bicyclic) bond motifs is 1. The Morgan fingerprint density at radius 3 is 2.78 bits per heavy atom. The van der Waals surface area contributed by atoms with E-state index in [9.17, 15) is 14.7 Å². The smallest absolute Gasteiger partial charge is 0.261 e. The first kappa shape index (κ1) is 13.0. The number of halogens is 1. The summed E-state index contributed by atoms with van der Waals surface area (Å²) in [5.74, 6) is -0.869.